The first-order valence-corrected chi connectivity index (χ1v) is 7.26. The minimum absolute atomic E-state index is 0.0848. The fourth-order valence-electron chi connectivity index (χ4n) is 1.70. The van der Waals surface area contributed by atoms with E-state index in [4.69, 9.17) is 4.74 Å². The van der Waals surface area contributed by atoms with Crippen molar-refractivity contribution < 1.29 is 31.8 Å². The molecule has 2 aromatic rings. The smallest absolute Gasteiger partial charge is 0.481 e. The lowest BCUT2D eigenvalue weighted by Gasteiger charge is -2.11. The van der Waals surface area contributed by atoms with Gasteiger partial charge in [-0.15, -0.1) is 13.2 Å². The Kier molecular flexibility index (Phi) is 5.66. The van der Waals surface area contributed by atoms with Crippen molar-refractivity contribution in [2.75, 3.05) is 11.9 Å². The summed E-state index contributed by atoms with van der Waals surface area (Å²) in [4.78, 5) is 11.7. The van der Waals surface area contributed by atoms with Crippen LogP contribution in [0.2, 0.25) is 0 Å². The van der Waals surface area contributed by atoms with Crippen molar-refractivity contribution in [3.05, 3.63) is 52.8 Å². The third kappa shape index (κ3) is 5.73. The molecule has 2 rings (SSSR count). The van der Waals surface area contributed by atoms with E-state index in [1.54, 1.807) is 0 Å². The number of nitrogens with one attached hydrogen (secondary N) is 1. The largest absolute Gasteiger partial charge is 0.573 e. The second-order valence-electron chi connectivity index (χ2n) is 4.49. The monoisotopic (exact) mass is 407 g/mol. The number of halogens is 5. The maximum Gasteiger partial charge on any atom is 0.573 e. The molecule has 1 amide bonds. The van der Waals surface area contributed by atoms with Crippen molar-refractivity contribution >= 4 is 27.5 Å². The number of hydrogen-bond acceptors (Lipinski definition) is 3. The Morgan fingerprint density at radius 3 is 2.58 bits per heavy atom. The SMILES string of the molecule is O=C(COc1ccc(Br)cc1F)Nc1cccc(OC(F)(F)F)c1. The lowest BCUT2D eigenvalue weighted by Crippen LogP contribution is -2.21. The van der Waals surface area contributed by atoms with Crippen LogP contribution in [0.4, 0.5) is 23.2 Å². The summed E-state index contributed by atoms with van der Waals surface area (Å²) in [5.74, 6) is -1.91. The molecule has 0 aliphatic carbocycles. The van der Waals surface area contributed by atoms with Crippen LogP contribution in [0, 0.1) is 5.82 Å². The van der Waals surface area contributed by atoms with Gasteiger partial charge in [0.1, 0.15) is 5.75 Å². The number of anilines is 1. The summed E-state index contributed by atoms with van der Waals surface area (Å²) in [5, 5.41) is 2.33. The van der Waals surface area contributed by atoms with Crippen LogP contribution in [0.1, 0.15) is 0 Å². The molecule has 0 spiro atoms. The van der Waals surface area contributed by atoms with E-state index in [9.17, 15) is 22.4 Å². The second-order valence-corrected chi connectivity index (χ2v) is 5.40. The zero-order valence-electron chi connectivity index (χ0n) is 11.9. The van der Waals surface area contributed by atoms with E-state index in [1.807, 2.05) is 0 Å². The summed E-state index contributed by atoms with van der Waals surface area (Å²) in [6.07, 6.45) is -4.83. The van der Waals surface area contributed by atoms with Gasteiger partial charge in [0.2, 0.25) is 0 Å². The van der Waals surface area contributed by atoms with Gasteiger partial charge in [0.05, 0.1) is 0 Å². The number of carbonyl (C=O) groups excluding carboxylic acids is 1. The highest BCUT2D eigenvalue weighted by Gasteiger charge is 2.31. The molecule has 128 valence electrons. The normalized spacial score (nSPS) is 11.0. The van der Waals surface area contributed by atoms with Crippen molar-refractivity contribution in [2.45, 2.75) is 6.36 Å². The lowest BCUT2D eigenvalue weighted by atomic mass is 10.3. The minimum Gasteiger partial charge on any atom is -0.481 e. The lowest BCUT2D eigenvalue weighted by molar-refractivity contribution is -0.274. The maximum absolute atomic E-state index is 13.5. The molecule has 0 heterocycles. The molecule has 0 aliphatic rings. The van der Waals surface area contributed by atoms with Gasteiger partial charge >= 0.3 is 6.36 Å². The summed E-state index contributed by atoms with van der Waals surface area (Å²) in [6, 6.07) is 8.81. The van der Waals surface area contributed by atoms with Crippen LogP contribution in [0.3, 0.4) is 0 Å². The number of ether oxygens (including phenoxy) is 2. The van der Waals surface area contributed by atoms with Crippen LogP contribution in [0.5, 0.6) is 11.5 Å². The van der Waals surface area contributed by atoms with Gasteiger partial charge in [-0.3, -0.25) is 4.79 Å². The summed E-state index contributed by atoms with van der Waals surface area (Å²) < 4.78 is 59.2. The van der Waals surface area contributed by atoms with E-state index in [0.29, 0.717) is 4.47 Å². The van der Waals surface area contributed by atoms with Gasteiger partial charge in [-0.05, 0) is 30.3 Å². The van der Waals surface area contributed by atoms with E-state index in [1.165, 1.54) is 30.3 Å². The zero-order chi connectivity index (χ0) is 17.7. The molecule has 0 aromatic heterocycles. The Morgan fingerprint density at radius 2 is 1.92 bits per heavy atom. The zero-order valence-corrected chi connectivity index (χ0v) is 13.4. The molecule has 0 aliphatic heterocycles. The molecule has 1 N–H and O–H groups in total. The van der Waals surface area contributed by atoms with Crippen LogP contribution in [0.25, 0.3) is 0 Å². The second kappa shape index (κ2) is 7.52. The van der Waals surface area contributed by atoms with Gasteiger partial charge in [0.15, 0.2) is 18.2 Å². The molecule has 0 saturated carbocycles. The topological polar surface area (TPSA) is 47.6 Å². The summed E-state index contributed by atoms with van der Waals surface area (Å²) in [7, 11) is 0. The van der Waals surface area contributed by atoms with Gasteiger partial charge < -0.3 is 14.8 Å². The molecule has 0 unspecified atom stereocenters. The highest BCUT2D eigenvalue weighted by molar-refractivity contribution is 9.10. The van der Waals surface area contributed by atoms with Crippen molar-refractivity contribution in [3.8, 4) is 11.5 Å². The fourth-order valence-corrected chi connectivity index (χ4v) is 2.04. The number of amides is 1. The number of alkyl halides is 3. The van der Waals surface area contributed by atoms with E-state index < -0.39 is 30.4 Å². The molecule has 0 saturated heterocycles. The predicted molar refractivity (Wildman–Crippen MR) is 81.3 cm³/mol. The molecule has 4 nitrogen and oxygen atoms in total. The molecule has 0 fully saturated rings. The standard InChI is InChI=1S/C15H10BrF4NO3/c16-9-4-5-13(12(17)6-9)23-8-14(22)21-10-2-1-3-11(7-10)24-15(18,19)20/h1-7H,8H2,(H,21,22). The first-order chi connectivity index (χ1) is 11.2. The van der Waals surface area contributed by atoms with Crippen molar-refractivity contribution in [3.63, 3.8) is 0 Å². The van der Waals surface area contributed by atoms with E-state index >= 15 is 0 Å². The molecule has 0 bridgehead atoms. The Morgan fingerprint density at radius 1 is 1.17 bits per heavy atom. The highest BCUT2D eigenvalue weighted by Crippen LogP contribution is 2.25. The van der Waals surface area contributed by atoms with Gasteiger partial charge in [0, 0.05) is 16.2 Å². The third-order valence-corrected chi connectivity index (χ3v) is 3.10. The minimum atomic E-state index is -4.83. The molecule has 0 atom stereocenters. The van der Waals surface area contributed by atoms with Crippen LogP contribution in [-0.4, -0.2) is 18.9 Å². The average molecular weight is 408 g/mol. The summed E-state index contributed by atoms with van der Waals surface area (Å²) in [5.41, 5.74) is 0.0848. The first kappa shape index (κ1) is 18.1. The number of carbonyl (C=O) groups is 1. The van der Waals surface area contributed by atoms with Crippen LogP contribution in [-0.2, 0) is 4.79 Å². The van der Waals surface area contributed by atoms with Gasteiger partial charge in [0.25, 0.3) is 5.91 Å². The van der Waals surface area contributed by atoms with E-state index in [2.05, 4.69) is 26.0 Å². The Bertz CT molecular complexity index is 737. The quantitative estimate of drug-likeness (QED) is 0.742. The number of hydrogen-bond donors (Lipinski definition) is 1. The predicted octanol–water partition coefficient (Wildman–Crippen LogP) is 4.50. The third-order valence-electron chi connectivity index (χ3n) is 2.60. The highest BCUT2D eigenvalue weighted by atomic mass is 79.9. The van der Waals surface area contributed by atoms with E-state index in [-0.39, 0.29) is 11.4 Å². The van der Waals surface area contributed by atoms with Crippen molar-refractivity contribution in [2.24, 2.45) is 0 Å². The van der Waals surface area contributed by atoms with Gasteiger partial charge in [-0.2, -0.15) is 0 Å². The van der Waals surface area contributed by atoms with Gasteiger partial charge in [-0.1, -0.05) is 22.0 Å². The van der Waals surface area contributed by atoms with Crippen molar-refractivity contribution in [1.82, 2.24) is 0 Å². The van der Waals surface area contributed by atoms with Gasteiger partial charge in [-0.25, -0.2) is 4.39 Å². The van der Waals surface area contributed by atoms with Crippen LogP contribution >= 0.6 is 15.9 Å². The maximum atomic E-state index is 13.5. The van der Waals surface area contributed by atoms with E-state index in [0.717, 1.165) is 12.1 Å². The molecule has 9 heteroatoms. The Labute approximate surface area is 142 Å². The fraction of sp³-hybridized carbons (Fsp3) is 0.133. The number of rotatable bonds is 5. The summed E-state index contributed by atoms with van der Waals surface area (Å²) >= 11 is 3.08. The van der Waals surface area contributed by atoms with Crippen LogP contribution < -0.4 is 14.8 Å². The molecule has 2 aromatic carbocycles. The molecular weight excluding hydrogens is 398 g/mol. The Balaban J connectivity index is 1.93. The summed E-state index contributed by atoms with van der Waals surface area (Å²) in [6.45, 7) is -0.511. The average Bonchev–Trinajstić information content (AvgIpc) is 2.45. The molecule has 0 radical (unpaired) electrons. The van der Waals surface area contributed by atoms with Crippen molar-refractivity contribution in [1.29, 1.82) is 0 Å². The Hall–Kier alpha value is -2.29. The molecule has 24 heavy (non-hydrogen) atoms. The molecular formula is C15H10BrF4NO3. The number of benzene rings is 2. The first-order valence-electron chi connectivity index (χ1n) is 6.46. The van der Waals surface area contributed by atoms with Crippen LogP contribution in [0.15, 0.2) is 46.9 Å².